The molecule has 0 saturated carbocycles. The van der Waals surface area contributed by atoms with Crippen LogP contribution in [0.3, 0.4) is 0 Å². The summed E-state index contributed by atoms with van der Waals surface area (Å²) in [4.78, 5) is 8.93. The standard InChI is InChI=1S/C12H15N3O/c1-8(7-16)13-12-9(2)14-10-5-3-4-6-11(10)15-12/h3-6,8,16H,7H2,1-2H3,(H,13,15). The van der Waals surface area contributed by atoms with Crippen molar-refractivity contribution < 1.29 is 5.11 Å². The molecule has 0 saturated heterocycles. The number of nitrogens with zero attached hydrogens (tertiary/aromatic N) is 2. The van der Waals surface area contributed by atoms with Gasteiger partial charge < -0.3 is 10.4 Å². The summed E-state index contributed by atoms with van der Waals surface area (Å²) in [7, 11) is 0. The predicted octanol–water partition coefficient (Wildman–Crippen LogP) is 1.73. The molecule has 2 N–H and O–H groups in total. The number of rotatable bonds is 3. The molecule has 0 aliphatic heterocycles. The Balaban J connectivity index is 2.42. The zero-order valence-electron chi connectivity index (χ0n) is 9.44. The molecule has 84 valence electrons. The number of anilines is 1. The van der Waals surface area contributed by atoms with Gasteiger partial charge in [-0.3, -0.25) is 0 Å². The van der Waals surface area contributed by atoms with Crippen molar-refractivity contribution >= 4 is 16.9 Å². The van der Waals surface area contributed by atoms with Crippen molar-refractivity contribution in [3.63, 3.8) is 0 Å². The number of hydrogen-bond acceptors (Lipinski definition) is 4. The van der Waals surface area contributed by atoms with Gasteiger partial charge in [0.15, 0.2) is 0 Å². The van der Waals surface area contributed by atoms with Crippen LogP contribution in [-0.4, -0.2) is 27.7 Å². The summed E-state index contributed by atoms with van der Waals surface area (Å²) in [6.45, 7) is 3.89. The zero-order valence-corrected chi connectivity index (χ0v) is 9.44. The van der Waals surface area contributed by atoms with E-state index < -0.39 is 0 Å². The maximum atomic E-state index is 8.99. The number of fused-ring (bicyclic) bond motifs is 1. The SMILES string of the molecule is Cc1nc2ccccc2nc1NC(C)CO. The molecule has 1 atom stereocenters. The number of aromatic nitrogens is 2. The van der Waals surface area contributed by atoms with Gasteiger partial charge in [0.2, 0.25) is 0 Å². The van der Waals surface area contributed by atoms with Gasteiger partial charge in [-0.15, -0.1) is 0 Å². The van der Waals surface area contributed by atoms with Gasteiger partial charge in [-0.1, -0.05) is 12.1 Å². The van der Waals surface area contributed by atoms with Crippen molar-refractivity contribution in [3.8, 4) is 0 Å². The fourth-order valence-electron chi connectivity index (χ4n) is 1.50. The minimum atomic E-state index is -0.0193. The topological polar surface area (TPSA) is 58.0 Å². The Morgan fingerprint density at radius 2 is 1.88 bits per heavy atom. The maximum absolute atomic E-state index is 8.99. The molecule has 0 aliphatic rings. The Kier molecular flexibility index (Phi) is 3.01. The van der Waals surface area contributed by atoms with Gasteiger partial charge in [0.25, 0.3) is 0 Å². The van der Waals surface area contributed by atoms with Crippen molar-refractivity contribution in [3.05, 3.63) is 30.0 Å². The number of benzene rings is 1. The molecular formula is C12H15N3O. The summed E-state index contributed by atoms with van der Waals surface area (Å²) in [5, 5.41) is 12.1. The summed E-state index contributed by atoms with van der Waals surface area (Å²) in [6, 6.07) is 7.73. The normalized spacial score (nSPS) is 12.7. The Morgan fingerprint density at radius 3 is 2.50 bits per heavy atom. The number of aliphatic hydroxyl groups excluding tert-OH is 1. The summed E-state index contributed by atoms with van der Waals surface area (Å²) in [5.74, 6) is 0.736. The highest BCUT2D eigenvalue weighted by molar-refractivity contribution is 5.76. The van der Waals surface area contributed by atoms with Crippen LogP contribution in [-0.2, 0) is 0 Å². The minimum absolute atomic E-state index is 0.0193. The molecule has 2 rings (SSSR count). The smallest absolute Gasteiger partial charge is 0.148 e. The summed E-state index contributed by atoms with van der Waals surface area (Å²) in [6.07, 6.45) is 0. The van der Waals surface area contributed by atoms with Crippen molar-refractivity contribution in [1.82, 2.24) is 9.97 Å². The molecule has 16 heavy (non-hydrogen) atoms. The van der Waals surface area contributed by atoms with Gasteiger partial charge in [0.1, 0.15) is 5.82 Å². The van der Waals surface area contributed by atoms with Gasteiger partial charge in [0.05, 0.1) is 23.3 Å². The lowest BCUT2D eigenvalue weighted by atomic mass is 10.3. The number of aryl methyl sites for hydroxylation is 1. The fraction of sp³-hybridized carbons (Fsp3) is 0.333. The van der Waals surface area contributed by atoms with Gasteiger partial charge in [-0.05, 0) is 26.0 Å². The fourth-order valence-corrected chi connectivity index (χ4v) is 1.50. The highest BCUT2D eigenvalue weighted by Gasteiger charge is 2.07. The van der Waals surface area contributed by atoms with Crippen LogP contribution in [0.25, 0.3) is 11.0 Å². The average Bonchev–Trinajstić information content (AvgIpc) is 2.30. The van der Waals surface area contributed by atoms with Gasteiger partial charge in [-0.2, -0.15) is 0 Å². The van der Waals surface area contributed by atoms with Crippen LogP contribution in [0.1, 0.15) is 12.6 Å². The average molecular weight is 217 g/mol. The Hall–Kier alpha value is -1.68. The summed E-state index contributed by atoms with van der Waals surface area (Å²) >= 11 is 0. The molecule has 1 aromatic heterocycles. The largest absolute Gasteiger partial charge is 0.394 e. The third kappa shape index (κ3) is 2.12. The second-order valence-corrected chi connectivity index (χ2v) is 3.87. The molecule has 4 nitrogen and oxygen atoms in total. The second kappa shape index (κ2) is 4.45. The number of hydrogen-bond donors (Lipinski definition) is 2. The van der Waals surface area contributed by atoms with Crippen molar-refractivity contribution in [2.75, 3.05) is 11.9 Å². The lowest BCUT2D eigenvalue weighted by Crippen LogP contribution is -2.21. The lowest BCUT2D eigenvalue weighted by Gasteiger charge is -2.13. The third-order valence-corrected chi connectivity index (χ3v) is 2.40. The van der Waals surface area contributed by atoms with E-state index in [-0.39, 0.29) is 12.6 Å². The third-order valence-electron chi connectivity index (χ3n) is 2.40. The number of nitrogens with one attached hydrogen (secondary N) is 1. The molecule has 0 radical (unpaired) electrons. The molecule has 0 aliphatic carbocycles. The molecule has 0 amide bonds. The molecule has 2 aromatic rings. The van der Waals surface area contributed by atoms with E-state index in [9.17, 15) is 0 Å². The molecule has 0 bridgehead atoms. The second-order valence-electron chi connectivity index (χ2n) is 3.87. The minimum Gasteiger partial charge on any atom is -0.394 e. The van der Waals surface area contributed by atoms with Crippen molar-refractivity contribution in [2.24, 2.45) is 0 Å². The van der Waals surface area contributed by atoms with E-state index in [0.717, 1.165) is 22.5 Å². The number of para-hydroxylation sites is 2. The molecule has 1 heterocycles. The Labute approximate surface area is 94.4 Å². The Morgan fingerprint density at radius 1 is 1.25 bits per heavy atom. The van der Waals surface area contributed by atoms with Crippen LogP contribution in [0.5, 0.6) is 0 Å². The van der Waals surface area contributed by atoms with Crippen LogP contribution in [0.2, 0.25) is 0 Å². The van der Waals surface area contributed by atoms with E-state index in [1.807, 2.05) is 38.1 Å². The van der Waals surface area contributed by atoms with Crippen LogP contribution in [0.4, 0.5) is 5.82 Å². The summed E-state index contributed by atoms with van der Waals surface area (Å²) in [5.41, 5.74) is 2.60. The molecular weight excluding hydrogens is 202 g/mol. The zero-order chi connectivity index (χ0) is 11.5. The quantitative estimate of drug-likeness (QED) is 0.822. The predicted molar refractivity (Wildman–Crippen MR) is 64.4 cm³/mol. The van der Waals surface area contributed by atoms with E-state index in [4.69, 9.17) is 5.11 Å². The van der Waals surface area contributed by atoms with E-state index >= 15 is 0 Å². The maximum Gasteiger partial charge on any atom is 0.148 e. The van der Waals surface area contributed by atoms with Crippen LogP contribution in [0.15, 0.2) is 24.3 Å². The highest BCUT2D eigenvalue weighted by Crippen LogP contribution is 2.16. The first-order chi connectivity index (χ1) is 7.70. The first-order valence-electron chi connectivity index (χ1n) is 5.31. The Bertz CT molecular complexity index is 499. The monoisotopic (exact) mass is 217 g/mol. The first-order valence-corrected chi connectivity index (χ1v) is 5.31. The van der Waals surface area contributed by atoms with Crippen molar-refractivity contribution in [2.45, 2.75) is 19.9 Å². The van der Waals surface area contributed by atoms with Gasteiger partial charge in [0, 0.05) is 6.04 Å². The highest BCUT2D eigenvalue weighted by atomic mass is 16.3. The lowest BCUT2D eigenvalue weighted by molar-refractivity contribution is 0.281. The van der Waals surface area contributed by atoms with Gasteiger partial charge >= 0.3 is 0 Å². The van der Waals surface area contributed by atoms with Gasteiger partial charge in [-0.25, -0.2) is 9.97 Å². The number of aliphatic hydroxyl groups is 1. The van der Waals surface area contributed by atoms with E-state index in [2.05, 4.69) is 15.3 Å². The van der Waals surface area contributed by atoms with Crippen LogP contribution < -0.4 is 5.32 Å². The molecule has 0 spiro atoms. The van der Waals surface area contributed by atoms with Crippen LogP contribution in [0, 0.1) is 6.92 Å². The molecule has 0 fully saturated rings. The van der Waals surface area contributed by atoms with E-state index in [1.54, 1.807) is 0 Å². The molecule has 1 aromatic carbocycles. The van der Waals surface area contributed by atoms with E-state index in [1.165, 1.54) is 0 Å². The van der Waals surface area contributed by atoms with Crippen molar-refractivity contribution in [1.29, 1.82) is 0 Å². The molecule has 1 unspecified atom stereocenters. The van der Waals surface area contributed by atoms with E-state index in [0.29, 0.717) is 0 Å². The van der Waals surface area contributed by atoms with Crippen LogP contribution >= 0.6 is 0 Å². The summed E-state index contributed by atoms with van der Waals surface area (Å²) < 4.78 is 0. The molecule has 4 heteroatoms. The first kappa shape index (κ1) is 10.8.